The van der Waals surface area contributed by atoms with Crippen LogP contribution in [0.3, 0.4) is 0 Å². The van der Waals surface area contributed by atoms with Crippen LogP contribution in [-0.2, 0) is 14.3 Å². The summed E-state index contributed by atoms with van der Waals surface area (Å²) in [6.07, 6.45) is 75.3. The predicted molar refractivity (Wildman–Crippen MR) is 310 cm³/mol. The maximum atomic E-state index is 12.5. The van der Waals surface area contributed by atoms with Gasteiger partial charge in [0.15, 0.2) is 0 Å². The highest BCUT2D eigenvalue weighted by Gasteiger charge is 2.18. The van der Waals surface area contributed by atoms with E-state index in [0.717, 1.165) is 44.9 Å². The van der Waals surface area contributed by atoms with Gasteiger partial charge in [-0.15, -0.1) is 0 Å². The molecule has 1 amide bonds. The maximum absolute atomic E-state index is 12.5. The number of carbonyl (C=O) groups is 2. The van der Waals surface area contributed by atoms with E-state index in [1.54, 1.807) is 6.08 Å². The summed E-state index contributed by atoms with van der Waals surface area (Å²) >= 11 is 0. The fourth-order valence-electron chi connectivity index (χ4n) is 10.0. The minimum absolute atomic E-state index is 0.00819. The summed E-state index contributed by atoms with van der Waals surface area (Å²) < 4.78 is 5.46. The van der Waals surface area contributed by atoms with Gasteiger partial charge in [-0.1, -0.05) is 314 Å². The number of aliphatic hydroxyl groups is 2. The smallest absolute Gasteiger partial charge is 0.305 e. The lowest BCUT2D eigenvalue weighted by Crippen LogP contribution is -2.45. The van der Waals surface area contributed by atoms with E-state index in [4.69, 9.17) is 4.74 Å². The highest BCUT2D eigenvalue weighted by atomic mass is 16.5. The van der Waals surface area contributed by atoms with Crippen molar-refractivity contribution in [3.05, 3.63) is 24.3 Å². The van der Waals surface area contributed by atoms with E-state index < -0.39 is 12.1 Å². The van der Waals surface area contributed by atoms with Crippen LogP contribution in [0.1, 0.15) is 354 Å². The summed E-state index contributed by atoms with van der Waals surface area (Å²) in [4.78, 5) is 24.5. The molecule has 2 atom stereocenters. The minimum atomic E-state index is -0.841. The molecule has 0 heterocycles. The number of unbranched alkanes of at least 4 members (excludes halogenated alkanes) is 47. The van der Waals surface area contributed by atoms with Gasteiger partial charge in [0.25, 0.3) is 0 Å². The van der Waals surface area contributed by atoms with Crippen LogP contribution in [0.5, 0.6) is 0 Å². The second-order valence-electron chi connectivity index (χ2n) is 22.1. The fraction of sp³-hybridized carbons (Fsp3) is 0.908. The van der Waals surface area contributed by atoms with E-state index >= 15 is 0 Å². The van der Waals surface area contributed by atoms with Crippen LogP contribution in [0.4, 0.5) is 0 Å². The van der Waals surface area contributed by atoms with Gasteiger partial charge in [0.1, 0.15) is 0 Å². The van der Waals surface area contributed by atoms with Gasteiger partial charge in [0.05, 0.1) is 25.4 Å². The van der Waals surface area contributed by atoms with Gasteiger partial charge in [-0.2, -0.15) is 0 Å². The van der Waals surface area contributed by atoms with Gasteiger partial charge in [-0.05, 0) is 51.4 Å². The Hall–Kier alpha value is -1.66. The van der Waals surface area contributed by atoms with Crippen molar-refractivity contribution in [3.8, 4) is 0 Å². The molecule has 0 spiro atoms. The zero-order valence-corrected chi connectivity index (χ0v) is 48.0. The third-order valence-electron chi connectivity index (χ3n) is 15.0. The molecule has 0 aromatic carbocycles. The van der Waals surface area contributed by atoms with Gasteiger partial charge in [-0.3, -0.25) is 9.59 Å². The first kappa shape index (κ1) is 69.3. The van der Waals surface area contributed by atoms with E-state index in [1.807, 2.05) is 6.08 Å². The summed E-state index contributed by atoms with van der Waals surface area (Å²) in [5, 5.41) is 23.1. The molecular formula is C65H125NO5. The van der Waals surface area contributed by atoms with E-state index in [-0.39, 0.29) is 18.5 Å². The highest BCUT2D eigenvalue weighted by Crippen LogP contribution is 2.18. The minimum Gasteiger partial charge on any atom is -0.466 e. The molecule has 0 bridgehead atoms. The molecule has 0 radical (unpaired) electrons. The zero-order valence-electron chi connectivity index (χ0n) is 48.0. The van der Waals surface area contributed by atoms with Crippen LogP contribution in [0.25, 0.3) is 0 Å². The maximum Gasteiger partial charge on any atom is 0.305 e. The lowest BCUT2D eigenvalue weighted by molar-refractivity contribution is -0.143. The molecular weight excluding hydrogens is 875 g/mol. The first-order valence-electron chi connectivity index (χ1n) is 32.1. The summed E-state index contributed by atoms with van der Waals surface area (Å²) in [7, 11) is 0. The SMILES string of the molecule is CCCC/C=C\CCCCCCCC(=O)OCCCCCCCCCCCCCCCCCCCCCCCCCCCCCCCC(=O)NC(CO)C(O)/C=C/CCCCCCCCCCCCCC. The number of amides is 1. The Kier molecular flexibility index (Phi) is 59.5. The number of aliphatic hydroxyl groups excluding tert-OH is 2. The number of hydrogen-bond acceptors (Lipinski definition) is 5. The number of nitrogens with one attached hydrogen (secondary N) is 1. The second-order valence-corrected chi connectivity index (χ2v) is 22.1. The Labute approximate surface area is 443 Å². The molecule has 0 aliphatic rings. The van der Waals surface area contributed by atoms with Crippen molar-refractivity contribution in [2.45, 2.75) is 366 Å². The Bertz CT molecular complexity index is 1110. The van der Waals surface area contributed by atoms with Crippen molar-refractivity contribution in [1.29, 1.82) is 0 Å². The van der Waals surface area contributed by atoms with Gasteiger partial charge in [0.2, 0.25) is 5.91 Å². The number of carbonyl (C=O) groups excluding carboxylic acids is 2. The number of rotatable bonds is 60. The normalized spacial score (nSPS) is 12.7. The molecule has 0 fully saturated rings. The summed E-state index contributed by atoms with van der Waals surface area (Å²) in [5.74, 6) is -0.0547. The molecule has 2 unspecified atom stereocenters. The zero-order chi connectivity index (χ0) is 51.4. The molecule has 420 valence electrons. The molecule has 0 aliphatic heterocycles. The Morgan fingerprint density at radius 2 is 0.676 bits per heavy atom. The van der Waals surface area contributed by atoms with E-state index in [9.17, 15) is 19.8 Å². The molecule has 0 saturated heterocycles. The van der Waals surface area contributed by atoms with Crippen LogP contribution in [-0.4, -0.2) is 47.4 Å². The Balaban J connectivity index is 3.35. The topological polar surface area (TPSA) is 95.9 Å². The molecule has 0 aromatic heterocycles. The third-order valence-corrected chi connectivity index (χ3v) is 15.0. The van der Waals surface area contributed by atoms with Crippen LogP contribution >= 0.6 is 0 Å². The van der Waals surface area contributed by atoms with E-state index in [2.05, 4.69) is 31.3 Å². The summed E-state index contributed by atoms with van der Waals surface area (Å²) in [6, 6.07) is -0.624. The number of ether oxygens (including phenoxy) is 1. The fourth-order valence-corrected chi connectivity index (χ4v) is 10.0. The monoisotopic (exact) mass is 1000 g/mol. The van der Waals surface area contributed by atoms with Gasteiger partial charge < -0.3 is 20.3 Å². The predicted octanol–water partition coefficient (Wildman–Crippen LogP) is 20.2. The van der Waals surface area contributed by atoms with Crippen LogP contribution in [0, 0.1) is 0 Å². The van der Waals surface area contributed by atoms with Crippen molar-refractivity contribution in [2.24, 2.45) is 0 Å². The van der Waals surface area contributed by atoms with Gasteiger partial charge in [-0.25, -0.2) is 0 Å². The quantitative estimate of drug-likeness (QED) is 0.0320. The van der Waals surface area contributed by atoms with Crippen LogP contribution < -0.4 is 5.32 Å². The summed E-state index contributed by atoms with van der Waals surface area (Å²) in [5.41, 5.74) is 0. The molecule has 6 heteroatoms. The highest BCUT2D eigenvalue weighted by molar-refractivity contribution is 5.76. The van der Waals surface area contributed by atoms with Crippen molar-refractivity contribution < 1.29 is 24.5 Å². The third kappa shape index (κ3) is 57.5. The lowest BCUT2D eigenvalue weighted by Gasteiger charge is -2.20. The van der Waals surface area contributed by atoms with E-state index in [1.165, 1.54) is 283 Å². The lowest BCUT2D eigenvalue weighted by atomic mass is 10.0. The molecule has 0 aromatic rings. The van der Waals surface area contributed by atoms with Gasteiger partial charge >= 0.3 is 5.97 Å². The first-order chi connectivity index (χ1) is 35.0. The average molecular weight is 1000 g/mol. The summed E-state index contributed by atoms with van der Waals surface area (Å²) in [6.45, 7) is 4.88. The van der Waals surface area contributed by atoms with Crippen LogP contribution in [0.15, 0.2) is 24.3 Å². The van der Waals surface area contributed by atoms with E-state index in [0.29, 0.717) is 19.4 Å². The average Bonchev–Trinajstić information content (AvgIpc) is 3.37. The standard InChI is InChI=1S/C65H125NO5/c1-3-5-7-9-11-13-15-16-34-38-41-45-49-53-57-63(68)62(61-67)66-64(69)58-54-50-46-42-39-35-32-30-28-26-24-22-20-18-17-19-21-23-25-27-29-31-33-36-40-44-48-52-56-60-71-65(70)59-55-51-47-43-37-14-12-10-8-6-4-2/h10,12,53,57,62-63,67-68H,3-9,11,13-52,54-56,58-61H2,1-2H3,(H,66,69)/b12-10-,57-53+. The van der Waals surface area contributed by atoms with Crippen molar-refractivity contribution >= 4 is 11.9 Å². The molecule has 0 rings (SSSR count). The molecule has 71 heavy (non-hydrogen) atoms. The van der Waals surface area contributed by atoms with Crippen molar-refractivity contribution in [3.63, 3.8) is 0 Å². The van der Waals surface area contributed by atoms with Gasteiger partial charge in [0, 0.05) is 12.8 Å². The van der Waals surface area contributed by atoms with Crippen molar-refractivity contribution in [2.75, 3.05) is 13.2 Å². The van der Waals surface area contributed by atoms with Crippen LogP contribution in [0.2, 0.25) is 0 Å². The first-order valence-corrected chi connectivity index (χ1v) is 32.1. The molecule has 0 saturated carbocycles. The Morgan fingerprint density at radius 3 is 1.04 bits per heavy atom. The number of esters is 1. The van der Waals surface area contributed by atoms with Crippen molar-refractivity contribution in [1.82, 2.24) is 5.32 Å². The molecule has 0 aliphatic carbocycles. The number of allylic oxidation sites excluding steroid dienone is 3. The second kappa shape index (κ2) is 60.9. The molecule has 3 N–H and O–H groups in total. The number of hydrogen-bond donors (Lipinski definition) is 3. The molecule has 6 nitrogen and oxygen atoms in total. The largest absolute Gasteiger partial charge is 0.466 e. The Morgan fingerprint density at radius 1 is 0.380 bits per heavy atom.